The van der Waals surface area contributed by atoms with Crippen LogP contribution in [0.4, 0.5) is 0 Å². The quantitative estimate of drug-likeness (QED) is 0.730. The molecule has 0 fully saturated rings. The van der Waals surface area contributed by atoms with Crippen LogP contribution in [0.5, 0.6) is 5.75 Å². The highest BCUT2D eigenvalue weighted by molar-refractivity contribution is 14.1. The van der Waals surface area contributed by atoms with Gasteiger partial charge in [0.2, 0.25) is 0 Å². The highest BCUT2D eigenvalue weighted by Gasteiger charge is 2.09. The van der Waals surface area contributed by atoms with E-state index in [0.717, 1.165) is 10.8 Å². The molecule has 0 atom stereocenters. The van der Waals surface area contributed by atoms with Gasteiger partial charge in [0.05, 0.1) is 6.61 Å². The number of fused-ring (bicyclic) bond motifs is 1. The van der Waals surface area contributed by atoms with Crippen LogP contribution >= 0.6 is 45.5 Å². The lowest BCUT2D eigenvalue weighted by molar-refractivity contribution is 0.344. The first kappa shape index (κ1) is 10.5. The Kier molecular flexibility index (Phi) is 3.19. The molecule has 1 aromatic carbocycles. The zero-order chi connectivity index (χ0) is 10.1. The lowest BCUT2D eigenvalue weighted by Crippen LogP contribution is -1.92. The number of halogens is 2. The van der Waals surface area contributed by atoms with Crippen molar-refractivity contribution in [1.82, 2.24) is 0 Å². The summed E-state index contributed by atoms with van der Waals surface area (Å²) in [5, 5.41) is 4.03. The Morgan fingerprint density at radius 1 is 1.50 bits per heavy atom. The predicted octanol–water partition coefficient (Wildman–Crippen LogP) is 4.56. The topological polar surface area (TPSA) is 9.23 Å². The molecule has 1 aromatic heterocycles. The summed E-state index contributed by atoms with van der Waals surface area (Å²) in [6, 6.07) is 3.86. The van der Waals surface area contributed by atoms with Gasteiger partial charge < -0.3 is 4.74 Å². The normalized spacial score (nSPS) is 10.8. The predicted molar refractivity (Wildman–Crippen MR) is 70.7 cm³/mol. The molecule has 0 bridgehead atoms. The van der Waals surface area contributed by atoms with Gasteiger partial charge in [0.15, 0.2) is 0 Å². The molecule has 14 heavy (non-hydrogen) atoms. The molecule has 0 aliphatic rings. The molecule has 0 aliphatic carbocycles. The van der Waals surface area contributed by atoms with Crippen molar-refractivity contribution in [2.75, 3.05) is 6.61 Å². The fourth-order valence-corrected chi connectivity index (χ4v) is 3.60. The van der Waals surface area contributed by atoms with E-state index in [0.29, 0.717) is 6.61 Å². The summed E-state index contributed by atoms with van der Waals surface area (Å²) in [6.45, 7) is 2.65. The van der Waals surface area contributed by atoms with Crippen LogP contribution in [-0.4, -0.2) is 6.61 Å². The number of rotatable bonds is 2. The third-order valence-electron chi connectivity index (χ3n) is 1.86. The molecule has 74 valence electrons. The second kappa shape index (κ2) is 4.24. The third kappa shape index (κ3) is 1.85. The molecule has 2 rings (SSSR count). The van der Waals surface area contributed by atoms with E-state index in [1.165, 1.54) is 13.7 Å². The van der Waals surface area contributed by atoms with E-state index in [4.69, 9.17) is 16.3 Å². The molecule has 0 radical (unpaired) electrons. The first-order valence-corrected chi connectivity index (χ1v) is 6.55. The summed E-state index contributed by atoms with van der Waals surface area (Å²) in [5.41, 5.74) is 0. The zero-order valence-electron chi connectivity index (χ0n) is 7.51. The minimum atomic E-state index is 0.668. The van der Waals surface area contributed by atoms with Gasteiger partial charge >= 0.3 is 0 Å². The number of hydrogen-bond donors (Lipinski definition) is 0. The smallest absolute Gasteiger partial charge is 0.130 e. The van der Waals surface area contributed by atoms with Crippen LogP contribution in [-0.2, 0) is 0 Å². The van der Waals surface area contributed by atoms with E-state index in [1.54, 1.807) is 11.3 Å². The maximum atomic E-state index is 5.99. The molecule has 0 unspecified atom stereocenters. The second-order valence-corrected chi connectivity index (χ2v) is 5.30. The summed E-state index contributed by atoms with van der Waals surface area (Å²) < 4.78 is 7.97. The van der Waals surface area contributed by atoms with E-state index < -0.39 is 0 Å². The molecule has 0 saturated heterocycles. The molecular formula is C10H8ClIOS. The van der Waals surface area contributed by atoms with Crippen molar-refractivity contribution in [3.8, 4) is 5.75 Å². The lowest BCUT2D eigenvalue weighted by atomic mass is 10.2. The largest absolute Gasteiger partial charge is 0.493 e. The fourth-order valence-electron chi connectivity index (χ4n) is 1.33. The van der Waals surface area contributed by atoms with Crippen molar-refractivity contribution in [3.05, 3.63) is 26.1 Å². The molecule has 4 heteroatoms. The van der Waals surface area contributed by atoms with Crippen LogP contribution in [0, 0.1) is 3.57 Å². The highest BCUT2D eigenvalue weighted by atomic mass is 127. The van der Waals surface area contributed by atoms with Gasteiger partial charge in [-0.3, -0.25) is 0 Å². The van der Waals surface area contributed by atoms with Gasteiger partial charge in [0.25, 0.3) is 0 Å². The van der Waals surface area contributed by atoms with Gasteiger partial charge in [-0.2, -0.15) is 0 Å². The van der Waals surface area contributed by atoms with Gasteiger partial charge in [-0.1, -0.05) is 11.6 Å². The standard InChI is InChI=1S/C10H8ClIOS/c1-2-13-8-3-6(11)4-9-10(8)7(12)5-14-9/h3-5H,2H2,1H3. The molecule has 1 heterocycles. The highest BCUT2D eigenvalue weighted by Crippen LogP contribution is 2.37. The molecule has 0 spiro atoms. The average Bonchev–Trinajstić information content (AvgIpc) is 2.48. The second-order valence-electron chi connectivity index (χ2n) is 2.79. The van der Waals surface area contributed by atoms with E-state index in [-0.39, 0.29) is 0 Å². The van der Waals surface area contributed by atoms with Crippen LogP contribution in [0.15, 0.2) is 17.5 Å². The Balaban J connectivity index is 2.70. The van der Waals surface area contributed by atoms with Crippen molar-refractivity contribution in [1.29, 1.82) is 0 Å². The van der Waals surface area contributed by atoms with Gasteiger partial charge in [0.1, 0.15) is 5.75 Å². The monoisotopic (exact) mass is 338 g/mol. The molecule has 0 saturated carbocycles. The van der Waals surface area contributed by atoms with Gasteiger partial charge in [-0.25, -0.2) is 0 Å². The number of hydrogen-bond acceptors (Lipinski definition) is 2. The average molecular weight is 339 g/mol. The summed E-state index contributed by atoms with van der Waals surface area (Å²) in [5.74, 6) is 0.889. The Labute approximate surface area is 105 Å². The van der Waals surface area contributed by atoms with Crippen molar-refractivity contribution in [2.45, 2.75) is 6.92 Å². The Hall–Kier alpha value is -0.000000000000000111. The molecule has 0 amide bonds. The van der Waals surface area contributed by atoms with E-state index >= 15 is 0 Å². The van der Waals surface area contributed by atoms with Crippen molar-refractivity contribution < 1.29 is 4.74 Å². The number of benzene rings is 1. The van der Waals surface area contributed by atoms with E-state index in [9.17, 15) is 0 Å². The first-order valence-electron chi connectivity index (χ1n) is 4.21. The SMILES string of the molecule is CCOc1cc(Cl)cc2scc(I)c12. The molecule has 2 aromatic rings. The van der Waals surface area contributed by atoms with E-state index in [2.05, 4.69) is 28.0 Å². The van der Waals surface area contributed by atoms with Crippen LogP contribution in [0.1, 0.15) is 6.92 Å². The lowest BCUT2D eigenvalue weighted by Gasteiger charge is -2.05. The zero-order valence-corrected chi connectivity index (χ0v) is 11.2. The minimum absolute atomic E-state index is 0.668. The van der Waals surface area contributed by atoms with Crippen molar-refractivity contribution in [3.63, 3.8) is 0 Å². The fraction of sp³-hybridized carbons (Fsp3) is 0.200. The van der Waals surface area contributed by atoms with Crippen LogP contribution in [0.3, 0.4) is 0 Å². The Morgan fingerprint density at radius 3 is 3.00 bits per heavy atom. The van der Waals surface area contributed by atoms with Gasteiger partial charge in [-0.15, -0.1) is 11.3 Å². The molecular weight excluding hydrogens is 331 g/mol. The van der Waals surface area contributed by atoms with Gasteiger partial charge in [-0.05, 0) is 41.6 Å². The summed E-state index contributed by atoms with van der Waals surface area (Å²) in [4.78, 5) is 0. The Bertz CT molecular complexity index is 466. The van der Waals surface area contributed by atoms with Crippen LogP contribution < -0.4 is 4.74 Å². The summed E-state index contributed by atoms with van der Waals surface area (Å²) in [6.07, 6.45) is 0. The molecule has 0 N–H and O–H groups in total. The maximum absolute atomic E-state index is 5.99. The van der Waals surface area contributed by atoms with Crippen LogP contribution in [0.2, 0.25) is 5.02 Å². The van der Waals surface area contributed by atoms with E-state index in [1.807, 2.05) is 19.1 Å². The third-order valence-corrected chi connectivity index (χ3v) is 4.28. The van der Waals surface area contributed by atoms with Crippen molar-refractivity contribution >= 4 is 55.6 Å². The summed E-state index contributed by atoms with van der Waals surface area (Å²) >= 11 is 10.0. The minimum Gasteiger partial charge on any atom is -0.493 e. The van der Waals surface area contributed by atoms with Gasteiger partial charge in [0, 0.05) is 24.1 Å². The summed E-state index contributed by atoms with van der Waals surface area (Å²) in [7, 11) is 0. The molecule has 0 aliphatic heterocycles. The van der Waals surface area contributed by atoms with Crippen LogP contribution in [0.25, 0.3) is 10.1 Å². The maximum Gasteiger partial charge on any atom is 0.130 e. The Morgan fingerprint density at radius 2 is 2.29 bits per heavy atom. The number of thiophene rings is 1. The molecule has 1 nitrogen and oxygen atoms in total. The van der Waals surface area contributed by atoms with Crippen molar-refractivity contribution in [2.24, 2.45) is 0 Å². The number of ether oxygens (including phenoxy) is 1. The first-order chi connectivity index (χ1) is 6.72.